The van der Waals surface area contributed by atoms with Crippen molar-refractivity contribution in [3.05, 3.63) is 35.6 Å². The molecular weight excluding hydrogens is 509 g/mol. The molecule has 0 unspecified atom stereocenters. The molecular formula is C25H28ClF3N6O2. The number of nitrogens with zero attached hydrogens (tertiary/aromatic N) is 4. The van der Waals surface area contributed by atoms with Crippen molar-refractivity contribution in [2.45, 2.75) is 51.2 Å². The highest BCUT2D eigenvalue weighted by Crippen LogP contribution is 2.35. The zero-order valence-electron chi connectivity index (χ0n) is 20.9. The summed E-state index contributed by atoms with van der Waals surface area (Å²) >= 11 is 6.37. The lowest BCUT2D eigenvalue weighted by Crippen LogP contribution is -2.60. The Hall–Kier alpha value is -2.89. The van der Waals surface area contributed by atoms with Crippen molar-refractivity contribution in [2.75, 3.05) is 31.6 Å². The van der Waals surface area contributed by atoms with Crippen LogP contribution in [0.25, 0.3) is 21.8 Å². The maximum absolute atomic E-state index is 13.8. The molecule has 1 atom stereocenters. The van der Waals surface area contributed by atoms with Crippen LogP contribution in [-0.4, -0.2) is 81.2 Å². The van der Waals surface area contributed by atoms with E-state index in [4.69, 9.17) is 16.3 Å². The van der Waals surface area contributed by atoms with Crippen LogP contribution in [0.5, 0.6) is 0 Å². The second-order valence-corrected chi connectivity index (χ2v) is 11.2. The number of benzene rings is 1. The maximum Gasteiger partial charge on any atom is 0.485 e. The molecule has 1 fully saturated rings. The number of hydrogen-bond acceptors (Lipinski definition) is 6. The quantitative estimate of drug-likeness (QED) is 0.468. The molecule has 12 heteroatoms. The number of ether oxygens (including phenoxy) is 1. The maximum atomic E-state index is 13.8. The van der Waals surface area contributed by atoms with Crippen molar-refractivity contribution in [2.24, 2.45) is 4.99 Å². The van der Waals surface area contributed by atoms with E-state index in [-0.39, 0.29) is 32.1 Å². The van der Waals surface area contributed by atoms with Gasteiger partial charge in [-0.25, -0.2) is 0 Å². The molecule has 0 bridgehead atoms. The fourth-order valence-electron chi connectivity index (χ4n) is 5.06. The van der Waals surface area contributed by atoms with Crippen LogP contribution in [0.3, 0.4) is 0 Å². The SMILES string of the molecule is CC1(C)CN(C(F)(F)F)C(CN2CC(C)(C)OC[C@H]2C(=O)Nc2cc(Cl)cc3c2[nH]c2cnccc23)=N1. The normalized spacial score (nSPS) is 22.0. The second-order valence-electron chi connectivity index (χ2n) is 10.8. The smallest absolute Gasteiger partial charge is 0.372 e. The molecule has 1 aromatic carbocycles. The second kappa shape index (κ2) is 8.85. The van der Waals surface area contributed by atoms with Crippen LogP contribution in [0, 0.1) is 0 Å². The number of amides is 1. The predicted molar refractivity (Wildman–Crippen MR) is 137 cm³/mol. The molecule has 3 aromatic rings. The number of aliphatic imine (C=N–C) groups is 1. The molecule has 2 N–H and O–H groups in total. The number of carbonyl (C=O) groups excluding carboxylic acids is 1. The molecule has 4 heterocycles. The van der Waals surface area contributed by atoms with Gasteiger partial charge >= 0.3 is 6.30 Å². The van der Waals surface area contributed by atoms with Gasteiger partial charge in [0.25, 0.3) is 0 Å². The molecule has 0 saturated carbocycles. The van der Waals surface area contributed by atoms with Gasteiger partial charge in [-0.3, -0.25) is 24.6 Å². The molecule has 2 aromatic heterocycles. The number of morpholine rings is 1. The Labute approximate surface area is 216 Å². The lowest BCUT2D eigenvalue weighted by molar-refractivity contribution is -0.218. The topological polar surface area (TPSA) is 85.9 Å². The van der Waals surface area contributed by atoms with Gasteiger partial charge in [-0.15, -0.1) is 0 Å². The van der Waals surface area contributed by atoms with E-state index < -0.39 is 29.4 Å². The first-order valence-electron chi connectivity index (χ1n) is 11.9. The number of carbonyl (C=O) groups is 1. The molecule has 37 heavy (non-hydrogen) atoms. The number of amidine groups is 1. The van der Waals surface area contributed by atoms with E-state index in [2.05, 4.69) is 20.3 Å². The number of hydrogen-bond donors (Lipinski definition) is 2. The first-order valence-corrected chi connectivity index (χ1v) is 12.3. The molecule has 0 aliphatic carbocycles. The summed E-state index contributed by atoms with van der Waals surface area (Å²) in [6.07, 6.45) is -1.21. The number of aromatic amines is 1. The van der Waals surface area contributed by atoms with E-state index in [1.807, 2.05) is 19.9 Å². The third kappa shape index (κ3) is 5.12. The minimum atomic E-state index is -4.57. The van der Waals surface area contributed by atoms with Crippen LogP contribution in [0.4, 0.5) is 18.9 Å². The Kier molecular flexibility index (Phi) is 6.16. The average molecular weight is 537 g/mol. The number of rotatable bonds is 4. The first kappa shape index (κ1) is 25.7. The van der Waals surface area contributed by atoms with Gasteiger partial charge in [-0.1, -0.05) is 11.6 Å². The number of fused-ring (bicyclic) bond motifs is 3. The Morgan fingerprint density at radius 1 is 1.24 bits per heavy atom. The molecule has 2 aliphatic heterocycles. The highest BCUT2D eigenvalue weighted by Gasteiger charge is 2.48. The van der Waals surface area contributed by atoms with Crippen molar-refractivity contribution in [3.63, 3.8) is 0 Å². The summed E-state index contributed by atoms with van der Waals surface area (Å²) in [5.74, 6) is -0.520. The van der Waals surface area contributed by atoms with Gasteiger partial charge < -0.3 is 15.0 Å². The van der Waals surface area contributed by atoms with E-state index in [9.17, 15) is 18.0 Å². The minimum absolute atomic E-state index is 0.0157. The van der Waals surface area contributed by atoms with E-state index >= 15 is 0 Å². The van der Waals surface area contributed by atoms with Crippen LogP contribution < -0.4 is 5.32 Å². The first-order chi connectivity index (χ1) is 17.2. The fourth-order valence-corrected chi connectivity index (χ4v) is 5.27. The summed E-state index contributed by atoms with van der Waals surface area (Å²) in [6, 6.07) is 4.45. The summed E-state index contributed by atoms with van der Waals surface area (Å²) in [4.78, 5) is 27.4. The molecule has 0 radical (unpaired) electrons. The summed E-state index contributed by atoms with van der Waals surface area (Å²) < 4.78 is 47.2. The Balaban J connectivity index is 1.45. The lowest BCUT2D eigenvalue weighted by Gasteiger charge is -2.43. The summed E-state index contributed by atoms with van der Waals surface area (Å²) in [7, 11) is 0. The summed E-state index contributed by atoms with van der Waals surface area (Å²) in [6.45, 7) is 6.85. The van der Waals surface area contributed by atoms with Gasteiger partial charge in [0.1, 0.15) is 11.9 Å². The zero-order chi connectivity index (χ0) is 26.8. The number of nitrogens with one attached hydrogen (secondary N) is 2. The molecule has 1 saturated heterocycles. The number of H-pyrrole nitrogens is 1. The molecule has 2 aliphatic rings. The minimum Gasteiger partial charge on any atom is -0.372 e. The Morgan fingerprint density at radius 2 is 2.00 bits per heavy atom. The van der Waals surface area contributed by atoms with Gasteiger partial charge in [0.15, 0.2) is 0 Å². The van der Waals surface area contributed by atoms with Crippen molar-refractivity contribution in [3.8, 4) is 0 Å². The largest absolute Gasteiger partial charge is 0.485 e. The third-order valence-corrected chi connectivity index (χ3v) is 6.85. The number of anilines is 1. The molecule has 198 valence electrons. The van der Waals surface area contributed by atoms with Crippen molar-refractivity contribution in [1.29, 1.82) is 0 Å². The number of alkyl halides is 3. The van der Waals surface area contributed by atoms with Crippen LogP contribution in [0.2, 0.25) is 5.02 Å². The fraction of sp³-hybridized carbons (Fsp3) is 0.480. The van der Waals surface area contributed by atoms with E-state index in [1.165, 1.54) is 0 Å². The van der Waals surface area contributed by atoms with Crippen LogP contribution in [0.1, 0.15) is 27.7 Å². The van der Waals surface area contributed by atoms with Gasteiger partial charge in [0.2, 0.25) is 5.91 Å². The monoisotopic (exact) mass is 536 g/mol. The summed E-state index contributed by atoms with van der Waals surface area (Å²) in [5, 5.41) is 5.08. The average Bonchev–Trinajstić information content (AvgIpc) is 3.30. The lowest BCUT2D eigenvalue weighted by atomic mass is 10.0. The third-order valence-electron chi connectivity index (χ3n) is 6.63. The van der Waals surface area contributed by atoms with E-state index in [0.717, 1.165) is 16.3 Å². The zero-order valence-corrected chi connectivity index (χ0v) is 21.7. The number of halogens is 4. The summed E-state index contributed by atoms with van der Waals surface area (Å²) in [5.41, 5.74) is 0.386. The number of aromatic nitrogens is 2. The van der Waals surface area contributed by atoms with E-state index in [0.29, 0.717) is 21.1 Å². The van der Waals surface area contributed by atoms with Crippen LogP contribution >= 0.6 is 11.6 Å². The molecule has 8 nitrogen and oxygen atoms in total. The number of pyridine rings is 1. The van der Waals surface area contributed by atoms with Crippen molar-refractivity contribution in [1.82, 2.24) is 19.8 Å². The molecule has 1 amide bonds. The standard InChI is InChI=1S/C25H28ClF3N6O2/c1-23(2)12-35(25(27,28)29)20(33-23)10-34-13-24(3,4)37-11-19(34)22(36)32-17-8-14(26)7-16-15-5-6-30-9-18(15)31-21(16)17/h5-9,19,31H,10-13H2,1-4H3,(H,32,36)/t19-/m0/s1. The highest BCUT2D eigenvalue weighted by atomic mass is 35.5. The van der Waals surface area contributed by atoms with Crippen molar-refractivity contribution >= 4 is 50.8 Å². The van der Waals surface area contributed by atoms with Crippen LogP contribution in [-0.2, 0) is 9.53 Å². The van der Waals surface area contributed by atoms with Crippen molar-refractivity contribution < 1.29 is 22.7 Å². The van der Waals surface area contributed by atoms with Gasteiger partial charge in [0.05, 0.1) is 53.8 Å². The predicted octanol–water partition coefficient (Wildman–Crippen LogP) is 4.80. The molecule has 5 rings (SSSR count). The van der Waals surface area contributed by atoms with Crippen LogP contribution in [0.15, 0.2) is 35.6 Å². The Morgan fingerprint density at radius 3 is 2.73 bits per heavy atom. The van der Waals surface area contributed by atoms with Gasteiger partial charge in [-0.05, 0) is 45.9 Å². The van der Waals surface area contributed by atoms with Gasteiger partial charge in [0, 0.05) is 28.5 Å². The molecule has 0 spiro atoms. The van der Waals surface area contributed by atoms with E-state index in [1.54, 1.807) is 43.3 Å². The van der Waals surface area contributed by atoms with Gasteiger partial charge in [-0.2, -0.15) is 13.2 Å². The highest BCUT2D eigenvalue weighted by molar-refractivity contribution is 6.33. The Bertz CT molecular complexity index is 1400.